The second kappa shape index (κ2) is 4.69. The summed E-state index contributed by atoms with van der Waals surface area (Å²) in [5.74, 6) is -1.03. The van der Waals surface area contributed by atoms with E-state index in [4.69, 9.17) is 9.84 Å². The highest BCUT2D eigenvalue weighted by Crippen LogP contribution is 2.37. The molecule has 1 unspecified atom stereocenters. The van der Waals surface area contributed by atoms with Crippen molar-refractivity contribution < 1.29 is 27.4 Å². The molecule has 0 fully saturated rings. The molecule has 0 radical (unpaired) electrons. The Hall–Kier alpha value is -1.30. The Bertz CT molecular complexity index is 362. The monoisotopic (exact) mass is 238 g/mol. The van der Waals surface area contributed by atoms with Gasteiger partial charge in [-0.1, -0.05) is 0 Å². The van der Waals surface area contributed by atoms with Gasteiger partial charge in [-0.15, -0.1) is 0 Å². The average Bonchev–Trinajstić information content (AvgIpc) is 2.18. The zero-order valence-corrected chi connectivity index (χ0v) is 8.38. The van der Waals surface area contributed by atoms with Crippen LogP contribution >= 0.6 is 0 Å². The summed E-state index contributed by atoms with van der Waals surface area (Å²) < 4.78 is 54.5. The lowest BCUT2D eigenvalue weighted by molar-refractivity contribution is -0.207. The fraction of sp³-hybridized carbons (Fsp3) is 0.400. The molecule has 0 bridgehead atoms. The number of ether oxygens (including phenoxy) is 1. The highest BCUT2D eigenvalue weighted by atomic mass is 19.4. The number of hydrogen-bond acceptors (Lipinski definition) is 2. The van der Waals surface area contributed by atoms with Crippen molar-refractivity contribution in [1.82, 2.24) is 0 Å². The standard InChI is InChI=1S/C10H10F4O2/c1-2-16-8-4-3-6(11)5-7(8)9(15)10(12,13)14/h3-5,9,15H,2H2,1H3. The van der Waals surface area contributed by atoms with Crippen LogP contribution in [0.1, 0.15) is 18.6 Å². The largest absolute Gasteiger partial charge is 0.493 e. The number of halogens is 4. The van der Waals surface area contributed by atoms with Crippen LogP contribution in [-0.2, 0) is 0 Å². The maximum Gasteiger partial charge on any atom is 0.418 e. The molecule has 0 aliphatic heterocycles. The molecule has 0 amide bonds. The number of benzene rings is 1. The molecule has 0 saturated heterocycles. The lowest BCUT2D eigenvalue weighted by Crippen LogP contribution is -2.21. The van der Waals surface area contributed by atoms with Crippen molar-refractivity contribution in [3.05, 3.63) is 29.6 Å². The van der Waals surface area contributed by atoms with Gasteiger partial charge in [0.05, 0.1) is 6.61 Å². The van der Waals surface area contributed by atoms with E-state index in [2.05, 4.69) is 0 Å². The first-order valence-corrected chi connectivity index (χ1v) is 4.53. The van der Waals surface area contributed by atoms with Gasteiger partial charge in [0.25, 0.3) is 0 Å². The minimum atomic E-state index is -4.85. The fourth-order valence-electron chi connectivity index (χ4n) is 1.20. The maximum atomic E-state index is 12.8. The molecule has 1 aromatic rings. The van der Waals surface area contributed by atoms with E-state index in [9.17, 15) is 17.6 Å². The summed E-state index contributed by atoms with van der Waals surface area (Å²) in [5, 5.41) is 9.02. The summed E-state index contributed by atoms with van der Waals surface area (Å²) in [7, 11) is 0. The Labute approximate surface area is 89.5 Å². The molecule has 0 aliphatic rings. The fourth-order valence-corrected chi connectivity index (χ4v) is 1.20. The predicted molar refractivity (Wildman–Crippen MR) is 48.6 cm³/mol. The molecule has 1 atom stereocenters. The number of hydrogen-bond donors (Lipinski definition) is 1. The number of aliphatic hydroxyl groups excluding tert-OH is 1. The Morgan fingerprint density at radius 1 is 1.38 bits per heavy atom. The van der Waals surface area contributed by atoms with Gasteiger partial charge in [0, 0.05) is 5.56 Å². The van der Waals surface area contributed by atoms with Gasteiger partial charge < -0.3 is 9.84 Å². The first-order chi connectivity index (χ1) is 7.36. The van der Waals surface area contributed by atoms with E-state index < -0.39 is 23.7 Å². The van der Waals surface area contributed by atoms with Crippen LogP contribution in [0.15, 0.2) is 18.2 Å². The average molecular weight is 238 g/mol. The summed E-state index contributed by atoms with van der Waals surface area (Å²) in [6, 6.07) is 2.64. The molecule has 1 rings (SSSR count). The van der Waals surface area contributed by atoms with E-state index in [0.29, 0.717) is 6.07 Å². The summed E-state index contributed by atoms with van der Waals surface area (Å²) in [6.07, 6.45) is -7.59. The molecule has 0 heterocycles. The number of aliphatic hydroxyl groups is 1. The third-order valence-electron chi connectivity index (χ3n) is 1.88. The Morgan fingerprint density at radius 2 is 2.00 bits per heavy atom. The molecule has 90 valence electrons. The smallest absolute Gasteiger partial charge is 0.418 e. The molecule has 0 aliphatic carbocycles. The number of rotatable bonds is 3. The van der Waals surface area contributed by atoms with Crippen molar-refractivity contribution in [2.45, 2.75) is 19.2 Å². The van der Waals surface area contributed by atoms with E-state index in [1.165, 1.54) is 0 Å². The highest BCUT2D eigenvalue weighted by Gasteiger charge is 2.41. The third-order valence-corrected chi connectivity index (χ3v) is 1.88. The first kappa shape index (κ1) is 12.8. The summed E-state index contributed by atoms with van der Waals surface area (Å²) >= 11 is 0. The van der Waals surface area contributed by atoms with Gasteiger partial charge in [0.15, 0.2) is 6.10 Å². The summed E-state index contributed by atoms with van der Waals surface area (Å²) in [5.41, 5.74) is -0.616. The lowest BCUT2D eigenvalue weighted by Gasteiger charge is -2.18. The first-order valence-electron chi connectivity index (χ1n) is 4.53. The van der Waals surface area contributed by atoms with Gasteiger partial charge in [-0.05, 0) is 25.1 Å². The molecular formula is C10H10F4O2. The molecule has 6 heteroatoms. The van der Waals surface area contributed by atoms with Crippen LogP contribution in [0, 0.1) is 5.82 Å². The molecule has 1 N–H and O–H groups in total. The molecule has 16 heavy (non-hydrogen) atoms. The molecule has 0 spiro atoms. The van der Waals surface area contributed by atoms with Crippen LogP contribution < -0.4 is 4.74 Å². The van der Waals surface area contributed by atoms with Crippen LogP contribution in [0.25, 0.3) is 0 Å². The molecule has 0 aromatic heterocycles. The van der Waals surface area contributed by atoms with E-state index in [-0.39, 0.29) is 12.4 Å². The van der Waals surface area contributed by atoms with Gasteiger partial charge >= 0.3 is 6.18 Å². The van der Waals surface area contributed by atoms with E-state index in [0.717, 1.165) is 12.1 Å². The van der Waals surface area contributed by atoms with Crippen molar-refractivity contribution in [3.8, 4) is 5.75 Å². The second-order valence-electron chi connectivity index (χ2n) is 3.06. The highest BCUT2D eigenvalue weighted by molar-refractivity contribution is 5.36. The predicted octanol–water partition coefficient (Wildman–Crippen LogP) is 2.82. The van der Waals surface area contributed by atoms with Crippen LogP contribution in [0.3, 0.4) is 0 Å². The van der Waals surface area contributed by atoms with E-state index in [1.807, 2.05) is 0 Å². The summed E-state index contributed by atoms with van der Waals surface area (Å²) in [4.78, 5) is 0. The Kier molecular flexibility index (Phi) is 3.74. The lowest BCUT2D eigenvalue weighted by atomic mass is 10.1. The zero-order valence-electron chi connectivity index (χ0n) is 8.38. The van der Waals surface area contributed by atoms with Crippen LogP contribution in [-0.4, -0.2) is 17.9 Å². The minimum absolute atomic E-state index is 0.128. The van der Waals surface area contributed by atoms with Gasteiger partial charge in [-0.2, -0.15) is 13.2 Å². The zero-order chi connectivity index (χ0) is 12.3. The van der Waals surface area contributed by atoms with Crippen molar-refractivity contribution in [2.75, 3.05) is 6.61 Å². The van der Waals surface area contributed by atoms with Gasteiger partial charge in [-0.25, -0.2) is 4.39 Å². The van der Waals surface area contributed by atoms with Gasteiger partial charge in [0.2, 0.25) is 0 Å². The van der Waals surface area contributed by atoms with E-state index >= 15 is 0 Å². The van der Waals surface area contributed by atoms with E-state index in [1.54, 1.807) is 6.92 Å². The van der Waals surface area contributed by atoms with Crippen LogP contribution in [0.4, 0.5) is 17.6 Å². The van der Waals surface area contributed by atoms with Crippen molar-refractivity contribution in [1.29, 1.82) is 0 Å². The minimum Gasteiger partial charge on any atom is -0.493 e. The van der Waals surface area contributed by atoms with Crippen molar-refractivity contribution in [3.63, 3.8) is 0 Å². The second-order valence-corrected chi connectivity index (χ2v) is 3.06. The van der Waals surface area contributed by atoms with Crippen molar-refractivity contribution in [2.24, 2.45) is 0 Å². The van der Waals surface area contributed by atoms with Crippen LogP contribution in [0.5, 0.6) is 5.75 Å². The number of alkyl halides is 3. The SMILES string of the molecule is CCOc1ccc(F)cc1C(O)C(F)(F)F. The summed E-state index contributed by atoms with van der Waals surface area (Å²) in [6.45, 7) is 1.70. The Balaban J connectivity index is 3.14. The van der Waals surface area contributed by atoms with Crippen molar-refractivity contribution >= 4 is 0 Å². The maximum absolute atomic E-state index is 12.8. The van der Waals surface area contributed by atoms with Crippen LogP contribution in [0.2, 0.25) is 0 Å². The van der Waals surface area contributed by atoms with Gasteiger partial charge in [-0.3, -0.25) is 0 Å². The molecular weight excluding hydrogens is 228 g/mol. The Morgan fingerprint density at radius 3 is 2.50 bits per heavy atom. The molecule has 2 nitrogen and oxygen atoms in total. The normalized spacial score (nSPS) is 13.6. The quantitative estimate of drug-likeness (QED) is 0.820. The molecule has 0 saturated carbocycles. The topological polar surface area (TPSA) is 29.5 Å². The third kappa shape index (κ3) is 2.85. The molecule has 1 aromatic carbocycles. The van der Waals surface area contributed by atoms with Gasteiger partial charge in [0.1, 0.15) is 11.6 Å².